The molecular formula is C26H28N4O2. The minimum absolute atomic E-state index is 0.118. The van der Waals surface area contributed by atoms with Crippen molar-refractivity contribution in [3.05, 3.63) is 88.5 Å². The molecule has 0 unspecified atom stereocenters. The molecule has 5 rings (SSSR count). The number of hydrogen-bond acceptors (Lipinski definition) is 4. The lowest BCUT2D eigenvalue weighted by Gasteiger charge is -2.14. The summed E-state index contributed by atoms with van der Waals surface area (Å²) >= 11 is 0. The van der Waals surface area contributed by atoms with Gasteiger partial charge in [-0.05, 0) is 62.7 Å². The average Bonchev–Trinajstić information content (AvgIpc) is 3.47. The maximum Gasteiger partial charge on any atom is 0.258 e. The minimum atomic E-state index is -0.118. The Morgan fingerprint density at radius 3 is 2.56 bits per heavy atom. The van der Waals surface area contributed by atoms with Crippen LogP contribution in [0.5, 0.6) is 5.75 Å². The van der Waals surface area contributed by atoms with Crippen LogP contribution >= 0.6 is 0 Å². The van der Waals surface area contributed by atoms with Gasteiger partial charge in [-0.3, -0.25) is 14.0 Å². The molecule has 0 saturated carbocycles. The highest BCUT2D eigenvalue weighted by molar-refractivity contribution is 5.80. The van der Waals surface area contributed by atoms with Crippen molar-refractivity contribution in [3.63, 3.8) is 0 Å². The molecule has 2 aromatic carbocycles. The van der Waals surface area contributed by atoms with Gasteiger partial charge in [0.15, 0.2) is 0 Å². The molecule has 164 valence electrons. The molecule has 4 aromatic rings. The Morgan fingerprint density at radius 1 is 0.969 bits per heavy atom. The Bertz CT molecular complexity index is 1270. The Balaban J connectivity index is 1.29. The second-order valence-electron chi connectivity index (χ2n) is 8.50. The Labute approximate surface area is 187 Å². The number of likely N-dealkylation sites (tertiary alicyclic amines) is 1. The van der Waals surface area contributed by atoms with E-state index in [4.69, 9.17) is 4.74 Å². The van der Waals surface area contributed by atoms with Crippen molar-refractivity contribution in [1.82, 2.24) is 19.2 Å². The zero-order chi connectivity index (χ0) is 21.9. The number of hydrogen-bond donors (Lipinski definition) is 0. The predicted octanol–water partition coefficient (Wildman–Crippen LogP) is 4.17. The number of ether oxygens (including phenoxy) is 1. The standard InChI is InChI=1S/C26H28N4O2/c1-20-4-6-21(7-5-20)19-32-24-10-13-29(26(31)17-24)23-8-9-25-22(16-23)18-27-30(25)15-14-28-11-2-3-12-28/h4-10,13,16-18H,2-3,11-12,14-15,19H2,1H3. The first-order valence-corrected chi connectivity index (χ1v) is 11.3. The molecule has 1 aliphatic rings. The number of fused-ring (bicyclic) bond motifs is 1. The zero-order valence-electron chi connectivity index (χ0n) is 18.4. The van der Waals surface area contributed by atoms with Crippen LogP contribution in [0.2, 0.25) is 0 Å². The highest BCUT2D eigenvalue weighted by Gasteiger charge is 2.12. The van der Waals surface area contributed by atoms with Crippen molar-refractivity contribution in [3.8, 4) is 11.4 Å². The lowest BCUT2D eigenvalue weighted by molar-refractivity contribution is 0.305. The van der Waals surface area contributed by atoms with Crippen molar-refractivity contribution in [1.29, 1.82) is 0 Å². The molecular weight excluding hydrogens is 400 g/mol. The number of nitrogens with zero attached hydrogens (tertiary/aromatic N) is 4. The van der Waals surface area contributed by atoms with E-state index >= 15 is 0 Å². The molecule has 0 spiro atoms. The van der Waals surface area contributed by atoms with Gasteiger partial charge in [-0.25, -0.2) is 0 Å². The van der Waals surface area contributed by atoms with Gasteiger partial charge in [0.25, 0.3) is 5.56 Å². The molecule has 1 fully saturated rings. The molecule has 6 nitrogen and oxygen atoms in total. The van der Waals surface area contributed by atoms with Crippen LogP contribution in [-0.2, 0) is 13.2 Å². The summed E-state index contributed by atoms with van der Waals surface area (Å²) in [6.45, 7) is 6.79. The molecule has 1 saturated heterocycles. The maximum absolute atomic E-state index is 12.7. The smallest absolute Gasteiger partial charge is 0.258 e. The van der Waals surface area contributed by atoms with Crippen LogP contribution < -0.4 is 10.3 Å². The summed E-state index contributed by atoms with van der Waals surface area (Å²) < 4.78 is 9.51. The number of benzene rings is 2. The third-order valence-electron chi connectivity index (χ3n) is 6.15. The van der Waals surface area contributed by atoms with Crippen LogP contribution in [0.15, 0.2) is 71.8 Å². The summed E-state index contributed by atoms with van der Waals surface area (Å²) in [5, 5.41) is 5.61. The topological polar surface area (TPSA) is 52.3 Å². The molecule has 3 heterocycles. The van der Waals surface area contributed by atoms with Crippen LogP contribution in [0, 0.1) is 6.92 Å². The summed E-state index contributed by atoms with van der Waals surface area (Å²) in [5.41, 5.74) is 4.09. The maximum atomic E-state index is 12.7. The van der Waals surface area contributed by atoms with Crippen LogP contribution in [0.25, 0.3) is 16.6 Å². The second-order valence-corrected chi connectivity index (χ2v) is 8.50. The molecule has 0 N–H and O–H groups in total. The lowest BCUT2D eigenvalue weighted by atomic mass is 10.2. The molecule has 32 heavy (non-hydrogen) atoms. The van der Waals surface area contributed by atoms with Crippen molar-refractivity contribution in [2.45, 2.75) is 32.9 Å². The summed E-state index contributed by atoms with van der Waals surface area (Å²) in [5.74, 6) is 0.572. The van der Waals surface area contributed by atoms with Gasteiger partial charge in [-0.2, -0.15) is 5.10 Å². The second kappa shape index (κ2) is 9.01. The van der Waals surface area contributed by atoms with Crippen molar-refractivity contribution in [2.24, 2.45) is 0 Å². The first-order valence-electron chi connectivity index (χ1n) is 11.3. The van der Waals surface area contributed by atoms with Gasteiger partial charge in [-0.15, -0.1) is 0 Å². The molecule has 0 bridgehead atoms. The first kappa shape index (κ1) is 20.5. The van der Waals surface area contributed by atoms with E-state index in [2.05, 4.69) is 39.8 Å². The zero-order valence-corrected chi connectivity index (χ0v) is 18.4. The monoisotopic (exact) mass is 428 g/mol. The molecule has 0 atom stereocenters. The number of aryl methyl sites for hydroxylation is 1. The summed E-state index contributed by atoms with van der Waals surface area (Å²) in [6, 6.07) is 17.6. The molecule has 0 aliphatic carbocycles. The third-order valence-corrected chi connectivity index (χ3v) is 6.15. The van der Waals surface area contributed by atoms with Gasteiger partial charge < -0.3 is 9.64 Å². The van der Waals surface area contributed by atoms with Gasteiger partial charge in [0.1, 0.15) is 12.4 Å². The van der Waals surface area contributed by atoms with Crippen molar-refractivity contribution in [2.75, 3.05) is 19.6 Å². The highest BCUT2D eigenvalue weighted by Crippen LogP contribution is 2.19. The van der Waals surface area contributed by atoms with Gasteiger partial charge in [0.05, 0.1) is 18.3 Å². The molecule has 0 amide bonds. The number of pyridine rings is 1. The van der Waals surface area contributed by atoms with E-state index in [9.17, 15) is 4.79 Å². The fourth-order valence-electron chi connectivity index (χ4n) is 4.26. The molecule has 6 heteroatoms. The van der Waals surface area contributed by atoms with Crippen LogP contribution in [0.3, 0.4) is 0 Å². The van der Waals surface area contributed by atoms with Crippen LogP contribution in [0.1, 0.15) is 24.0 Å². The lowest BCUT2D eigenvalue weighted by Crippen LogP contribution is -2.24. The van der Waals surface area contributed by atoms with Crippen molar-refractivity contribution < 1.29 is 4.74 Å². The molecule has 1 aliphatic heterocycles. The SMILES string of the molecule is Cc1ccc(COc2ccn(-c3ccc4c(cnn4CCN4CCCC4)c3)c(=O)c2)cc1. The van der Waals surface area contributed by atoms with E-state index in [1.807, 2.05) is 36.5 Å². The molecule has 2 aromatic heterocycles. The summed E-state index contributed by atoms with van der Waals surface area (Å²) in [4.78, 5) is 15.2. The van der Waals surface area contributed by atoms with Crippen molar-refractivity contribution >= 4 is 10.9 Å². The minimum Gasteiger partial charge on any atom is -0.489 e. The van der Waals surface area contributed by atoms with E-state index in [-0.39, 0.29) is 5.56 Å². The normalized spacial score (nSPS) is 14.3. The predicted molar refractivity (Wildman–Crippen MR) is 127 cm³/mol. The summed E-state index contributed by atoms with van der Waals surface area (Å²) in [6.07, 6.45) is 6.25. The Morgan fingerprint density at radius 2 is 1.78 bits per heavy atom. The van der Waals surface area contributed by atoms with Crippen LogP contribution in [-0.4, -0.2) is 38.9 Å². The van der Waals surface area contributed by atoms with E-state index in [1.165, 1.54) is 37.6 Å². The Hall–Kier alpha value is -3.38. The van der Waals surface area contributed by atoms with Gasteiger partial charge in [-0.1, -0.05) is 29.8 Å². The number of aromatic nitrogens is 3. The van der Waals surface area contributed by atoms with Gasteiger partial charge in [0.2, 0.25) is 0 Å². The molecule has 0 radical (unpaired) electrons. The summed E-state index contributed by atoms with van der Waals surface area (Å²) in [7, 11) is 0. The number of rotatable bonds is 7. The Kier molecular flexibility index (Phi) is 5.77. The third kappa shape index (κ3) is 4.46. The fraction of sp³-hybridized carbons (Fsp3) is 0.308. The van der Waals surface area contributed by atoms with Gasteiger partial charge >= 0.3 is 0 Å². The fourth-order valence-corrected chi connectivity index (χ4v) is 4.26. The van der Waals surface area contributed by atoms with Crippen LogP contribution in [0.4, 0.5) is 0 Å². The largest absolute Gasteiger partial charge is 0.489 e. The quantitative estimate of drug-likeness (QED) is 0.443. The van der Waals surface area contributed by atoms with E-state index in [0.29, 0.717) is 12.4 Å². The van der Waals surface area contributed by atoms with Gasteiger partial charge in [0, 0.05) is 29.9 Å². The van der Waals surface area contributed by atoms with E-state index in [0.717, 1.165) is 35.2 Å². The van der Waals surface area contributed by atoms with E-state index < -0.39 is 0 Å². The van der Waals surface area contributed by atoms with E-state index in [1.54, 1.807) is 10.8 Å². The first-order chi connectivity index (χ1) is 15.7. The highest BCUT2D eigenvalue weighted by atomic mass is 16.5. The average molecular weight is 429 g/mol.